The van der Waals surface area contributed by atoms with Gasteiger partial charge in [0.2, 0.25) is 10.0 Å². The Morgan fingerprint density at radius 2 is 1.90 bits per heavy atom. The summed E-state index contributed by atoms with van der Waals surface area (Å²) < 4.78 is 73.0. The topological polar surface area (TPSA) is 94.6 Å². The highest BCUT2D eigenvalue weighted by atomic mass is 32.2. The predicted octanol–water partition coefficient (Wildman–Crippen LogP) is 2.24. The van der Waals surface area contributed by atoms with Crippen LogP contribution in [0.4, 0.5) is 13.2 Å². The van der Waals surface area contributed by atoms with Crippen molar-refractivity contribution in [2.75, 3.05) is 13.1 Å². The first-order chi connectivity index (χ1) is 14.1. The van der Waals surface area contributed by atoms with Crippen LogP contribution in [0.5, 0.6) is 5.75 Å². The van der Waals surface area contributed by atoms with Gasteiger partial charge in [-0.15, -0.1) is 13.2 Å². The Morgan fingerprint density at radius 3 is 2.50 bits per heavy atom. The molecule has 0 spiro atoms. The van der Waals surface area contributed by atoms with E-state index in [0.29, 0.717) is 24.1 Å². The zero-order valence-electron chi connectivity index (χ0n) is 16.2. The van der Waals surface area contributed by atoms with Gasteiger partial charge in [-0.25, -0.2) is 17.9 Å². The van der Waals surface area contributed by atoms with Crippen molar-refractivity contribution < 1.29 is 26.3 Å². The smallest absolute Gasteiger partial charge is 0.405 e. The number of rotatable bonds is 4. The number of piperidine rings is 1. The Balaban J connectivity index is 1.59. The van der Waals surface area contributed by atoms with E-state index in [2.05, 4.69) is 19.9 Å². The number of fused-ring (bicyclic) bond motifs is 1. The molecule has 0 N–H and O–H groups in total. The predicted molar refractivity (Wildman–Crippen MR) is 98.3 cm³/mol. The Morgan fingerprint density at radius 1 is 1.20 bits per heavy atom. The quantitative estimate of drug-likeness (QED) is 0.613. The van der Waals surface area contributed by atoms with E-state index < -0.39 is 16.4 Å². The second kappa shape index (κ2) is 7.23. The number of hydrogen-bond acceptors (Lipinski definition) is 6. The van der Waals surface area contributed by atoms with Crippen LogP contribution in [0, 0.1) is 6.92 Å². The van der Waals surface area contributed by atoms with E-state index in [4.69, 9.17) is 0 Å². The fourth-order valence-corrected chi connectivity index (χ4v) is 5.31. The number of nitrogens with zero attached hydrogens (tertiary/aromatic N) is 6. The molecule has 0 radical (unpaired) electrons. The summed E-state index contributed by atoms with van der Waals surface area (Å²) in [5, 5.41) is 7.95. The van der Waals surface area contributed by atoms with Gasteiger partial charge in [-0.05, 0) is 25.7 Å². The minimum absolute atomic E-state index is 0.133. The summed E-state index contributed by atoms with van der Waals surface area (Å²) in [5.74, 6) is -0.662. The average molecular weight is 444 g/mol. The number of ether oxygens (including phenoxy) is 1. The highest BCUT2D eigenvalue weighted by Crippen LogP contribution is 2.38. The molecule has 0 amide bonds. The van der Waals surface area contributed by atoms with Gasteiger partial charge < -0.3 is 4.74 Å². The summed E-state index contributed by atoms with van der Waals surface area (Å²) in [6.07, 6.45) is -0.162. The third-order valence-electron chi connectivity index (χ3n) is 5.33. The molecule has 13 heteroatoms. The SMILES string of the molecule is Cc1c(S(=O)(=O)N2CCC(c3cn4ncnc4cc3OC(F)(F)F)CC2)cnn1C. The first kappa shape index (κ1) is 20.6. The van der Waals surface area contributed by atoms with Crippen molar-refractivity contribution >= 4 is 15.7 Å². The number of aromatic nitrogens is 5. The number of halogens is 3. The Labute approximate surface area is 170 Å². The maximum atomic E-state index is 12.9. The lowest BCUT2D eigenvalue weighted by Crippen LogP contribution is -2.38. The standard InChI is InChI=1S/C17H19F3N6O3S/c1-11-15(8-22-24(11)2)30(27,28)25-5-3-12(4-6-25)13-9-26-16(21-10-23-26)7-14(13)29-17(18,19)20/h7-10,12H,3-6H2,1-2H3. The molecule has 4 heterocycles. The van der Waals surface area contributed by atoms with Crippen LogP contribution in [0.2, 0.25) is 0 Å². The molecule has 0 aromatic carbocycles. The fraction of sp³-hybridized carbons (Fsp3) is 0.471. The van der Waals surface area contributed by atoms with Crippen LogP contribution in [0.25, 0.3) is 5.65 Å². The van der Waals surface area contributed by atoms with Crippen molar-refractivity contribution in [3.05, 3.63) is 36.0 Å². The van der Waals surface area contributed by atoms with Gasteiger partial charge in [0, 0.05) is 38.0 Å². The lowest BCUT2D eigenvalue weighted by atomic mass is 9.90. The average Bonchev–Trinajstić information content (AvgIpc) is 3.26. The summed E-state index contributed by atoms with van der Waals surface area (Å²) in [7, 11) is -2.08. The van der Waals surface area contributed by atoms with Gasteiger partial charge in [0.25, 0.3) is 0 Å². The number of hydrogen-bond donors (Lipinski definition) is 0. The lowest BCUT2D eigenvalue weighted by molar-refractivity contribution is -0.275. The first-order valence-electron chi connectivity index (χ1n) is 9.14. The van der Waals surface area contributed by atoms with Crippen molar-refractivity contribution in [2.45, 2.75) is 36.9 Å². The van der Waals surface area contributed by atoms with E-state index in [1.54, 1.807) is 14.0 Å². The maximum absolute atomic E-state index is 12.9. The van der Waals surface area contributed by atoms with Crippen molar-refractivity contribution in [2.24, 2.45) is 7.05 Å². The molecule has 0 aliphatic carbocycles. The zero-order valence-corrected chi connectivity index (χ0v) is 17.0. The molecule has 30 heavy (non-hydrogen) atoms. The first-order valence-corrected chi connectivity index (χ1v) is 10.6. The van der Waals surface area contributed by atoms with Crippen LogP contribution in [-0.2, 0) is 17.1 Å². The minimum Gasteiger partial charge on any atom is -0.405 e. The molecule has 1 saturated heterocycles. The maximum Gasteiger partial charge on any atom is 0.573 e. The molecule has 1 aliphatic rings. The zero-order chi connectivity index (χ0) is 21.7. The van der Waals surface area contributed by atoms with E-state index in [9.17, 15) is 21.6 Å². The molecule has 0 saturated carbocycles. The molecule has 162 valence electrons. The van der Waals surface area contributed by atoms with Gasteiger partial charge in [-0.2, -0.15) is 14.5 Å². The fourth-order valence-electron chi connectivity index (χ4n) is 3.66. The molecular weight excluding hydrogens is 425 g/mol. The van der Waals surface area contributed by atoms with Gasteiger partial charge in [0.05, 0.1) is 11.9 Å². The summed E-state index contributed by atoms with van der Waals surface area (Å²) >= 11 is 0. The van der Waals surface area contributed by atoms with Gasteiger partial charge in [0.15, 0.2) is 5.65 Å². The molecule has 1 aliphatic heterocycles. The number of sulfonamides is 1. The second-order valence-electron chi connectivity index (χ2n) is 7.10. The highest BCUT2D eigenvalue weighted by Gasteiger charge is 2.36. The van der Waals surface area contributed by atoms with E-state index in [0.717, 1.165) is 0 Å². The van der Waals surface area contributed by atoms with Crippen LogP contribution < -0.4 is 4.74 Å². The third kappa shape index (κ3) is 3.74. The normalized spacial score (nSPS) is 17.0. The van der Waals surface area contributed by atoms with E-state index in [-0.39, 0.29) is 35.3 Å². The number of alkyl halides is 3. The summed E-state index contributed by atoms with van der Waals surface area (Å²) in [5.41, 5.74) is 1.07. The van der Waals surface area contributed by atoms with Crippen LogP contribution in [0.3, 0.4) is 0 Å². The monoisotopic (exact) mass is 444 g/mol. The Bertz CT molecular complexity index is 1180. The minimum atomic E-state index is -4.85. The van der Waals surface area contributed by atoms with E-state index >= 15 is 0 Å². The van der Waals surface area contributed by atoms with Gasteiger partial charge in [-0.3, -0.25) is 4.68 Å². The molecule has 1 fully saturated rings. The van der Waals surface area contributed by atoms with Crippen LogP contribution >= 0.6 is 0 Å². The summed E-state index contributed by atoms with van der Waals surface area (Å²) in [4.78, 5) is 4.03. The van der Waals surface area contributed by atoms with Gasteiger partial charge in [-0.1, -0.05) is 0 Å². The van der Waals surface area contributed by atoms with Crippen LogP contribution in [0.15, 0.2) is 29.7 Å². The van der Waals surface area contributed by atoms with Crippen molar-refractivity contribution in [1.82, 2.24) is 28.7 Å². The molecule has 0 bridgehead atoms. The molecule has 0 unspecified atom stereocenters. The molecule has 0 atom stereocenters. The van der Waals surface area contributed by atoms with Crippen molar-refractivity contribution in [1.29, 1.82) is 0 Å². The second-order valence-corrected chi connectivity index (χ2v) is 9.01. The molecule has 3 aromatic rings. The van der Waals surface area contributed by atoms with Crippen LogP contribution in [-0.4, -0.2) is 56.6 Å². The van der Waals surface area contributed by atoms with Crippen molar-refractivity contribution in [3.8, 4) is 5.75 Å². The van der Waals surface area contributed by atoms with E-state index in [1.165, 1.54) is 38.3 Å². The largest absolute Gasteiger partial charge is 0.573 e. The summed E-state index contributed by atoms with van der Waals surface area (Å²) in [6.45, 7) is 2.01. The molecule has 3 aromatic heterocycles. The Kier molecular flexibility index (Phi) is 4.97. The lowest BCUT2D eigenvalue weighted by Gasteiger charge is -2.32. The van der Waals surface area contributed by atoms with Crippen molar-refractivity contribution in [3.63, 3.8) is 0 Å². The summed E-state index contributed by atoms with van der Waals surface area (Å²) in [6, 6.07) is 1.19. The van der Waals surface area contributed by atoms with E-state index in [1.807, 2.05) is 0 Å². The van der Waals surface area contributed by atoms with Crippen LogP contribution in [0.1, 0.15) is 30.0 Å². The molecule has 4 rings (SSSR count). The highest BCUT2D eigenvalue weighted by molar-refractivity contribution is 7.89. The molecular formula is C17H19F3N6O3S. The number of aryl methyl sites for hydroxylation is 1. The van der Waals surface area contributed by atoms with Gasteiger partial charge in [0.1, 0.15) is 17.0 Å². The third-order valence-corrected chi connectivity index (χ3v) is 7.34. The molecule has 9 nitrogen and oxygen atoms in total. The Hall–Kier alpha value is -2.67. The number of pyridine rings is 1. The van der Waals surface area contributed by atoms with Gasteiger partial charge >= 0.3 is 6.36 Å².